The van der Waals surface area contributed by atoms with Crippen LogP contribution in [-0.2, 0) is 22.0 Å². The van der Waals surface area contributed by atoms with Crippen LogP contribution < -0.4 is 5.32 Å². The molecule has 13 heavy (non-hydrogen) atoms. The van der Waals surface area contributed by atoms with Gasteiger partial charge in [0.05, 0.1) is 6.42 Å². The van der Waals surface area contributed by atoms with Gasteiger partial charge >= 0.3 is 0 Å². The molecule has 1 atom stereocenters. The highest BCUT2D eigenvalue weighted by Crippen LogP contribution is 2.24. The molecule has 0 saturated carbocycles. The molecule has 1 amide bonds. The summed E-state index contributed by atoms with van der Waals surface area (Å²) >= 11 is 0. The number of hydrogen-bond acceptors (Lipinski definition) is 2. The van der Waals surface area contributed by atoms with Gasteiger partial charge in [0.15, 0.2) is 0 Å². The Morgan fingerprint density at radius 2 is 2.23 bits per heavy atom. The first-order valence-corrected chi connectivity index (χ1v) is 5.49. The Hall–Kier alpha value is -1.16. The fraction of sp³-hybridized carbons (Fsp3) is 0.222. The van der Waals surface area contributed by atoms with E-state index in [0.717, 1.165) is 16.1 Å². The first-order chi connectivity index (χ1) is 6.16. The average Bonchev–Trinajstić information content (AvgIpc) is 2.42. The summed E-state index contributed by atoms with van der Waals surface area (Å²) in [5.41, 5.74) is 1.79. The minimum Gasteiger partial charge on any atom is -0.326 e. The SMILES string of the molecule is CS(=O)c1ccc2c(c1)CC(=O)N2. The van der Waals surface area contributed by atoms with E-state index in [9.17, 15) is 9.00 Å². The van der Waals surface area contributed by atoms with E-state index in [-0.39, 0.29) is 5.91 Å². The number of fused-ring (bicyclic) bond motifs is 1. The number of benzene rings is 1. The van der Waals surface area contributed by atoms with Crippen molar-refractivity contribution in [2.75, 3.05) is 11.6 Å². The van der Waals surface area contributed by atoms with E-state index in [1.54, 1.807) is 18.4 Å². The third kappa shape index (κ3) is 1.49. The van der Waals surface area contributed by atoms with E-state index >= 15 is 0 Å². The second-order valence-electron chi connectivity index (χ2n) is 3.00. The molecule has 1 aromatic carbocycles. The number of carbonyl (C=O) groups excluding carboxylic acids is 1. The molecule has 0 aliphatic carbocycles. The summed E-state index contributed by atoms with van der Waals surface area (Å²) in [4.78, 5) is 11.8. The van der Waals surface area contributed by atoms with Crippen LogP contribution in [-0.4, -0.2) is 16.4 Å². The standard InChI is InChI=1S/C9H9NO2S/c1-13(12)7-2-3-8-6(4-7)5-9(11)10-8/h2-4H,5H2,1H3,(H,10,11). The molecule has 1 aliphatic heterocycles. The summed E-state index contributed by atoms with van der Waals surface area (Å²) in [6, 6.07) is 5.40. The fourth-order valence-electron chi connectivity index (χ4n) is 1.38. The zero-order chi connectivity index (χ0) is 9.42. The van der Waals surface area contributed by atoms with Crippen LogP contribution in [0.4, 0.5) is 5.69 Å². The molecule has 1 aliphatic rings. The highest BCUT2D eigenvalue weighted by atomic mass is 32.2. The number of anilines is 1. The third-order valence-electron chi connectivity index (χ3n) is 2.03. The first-order valence-electron chi connectivity index (χ1n) is 3.93. The van der Waals surface area contributed by atoms with E-state index in [4.69, 9.17) is 0 Å². The van der Waals surface area contributed by atoms with E-state index < -0.39 is 10.8 Å². The van der Waals surface area contributed by atoms with Crippen molar-refractivity contribution in [3.63, 3.8) is 0 Å². The Kier molecular flexibility index (Phi) is 1.92. The van der Waals surface area contributed by atoms with E-state index in [0.29, 0.717) is 6.42 Å². The quantitative estimate of drug-likeness (QED) is 0.724. The predicted molar refractivity (Wildman–Crippen MR) is 51.1 cm³/mol. The minimum absolute atomic E-state index is 0.00837. The average molecular weight is 195 g/mol. The first kappa shape index (κ1) is 8.44. The van der Waals surface area contributed by atoms with Gasteiger partial charge in [-0.25, -0.2) is 0 Å². The second-order valence-corrected chi connectivity index (χ2v) is 4.38. The van der Waals surface area contributed by atoms with Crippen molar-refractivity contribution in [2.24, 2.45) is 0 Å². The van der Waals surface area contributed by atoms with Crippen LogP contribution in [0, 0.1) is 0 Å². The number of rotatable bonds is 1. The van der Waals surface area contributed by atoms with Gasteiger partial charge < -0.3 is 5.32 Å². The van der Waals surface area contributed by atoms with Crippen LogP contribution in [0.1, 0.15) is 5.56 Å². The molecule has 4 heteroatoms. The maximum absolute atomic E-state index is 11.1. The summed E-state index contributed by atoms with van der Waals surface area (Å²) in [7, 11) is -0.972. The molecule has 0 fully saturated rings. The summed E-state index contributed by atoms with van der Waals surface area (Å²) in [6.45, 7) is 0. The van der Waals surface area contributed by atoms with Gasteiger partial charge in [-0.2, -0.15) is 0 Å². The van der Waals surface area contributed by atoms with Crippen molar-refractivity contribution in [3.05, 3.63) is 23.8 Å². The molecule has 1 heterocycles. The molecular formula is C9H9NO2S. The van der Waals surface area contributed by atoms with Crippen LogP contribution in [0.3, 0.4) is 0 Å². The minimum atomic E-state index is -0.972. The van der Waals surface area contributed by atoms with Crippen molar-refractivity contribution in [3.8, 4) is 0 Å². The van der Waals surface area contributed by atoms with Gasteiger partial charge in [0, 0.05) is 27.6 Å². The monoisotopic (exact) mass is 195 g/mol. The molecule has 1 N–H and O–H groups in total. The number of carbonyl (C=O) groups is 1. The second kappa shape index (κ2) is 2.96. The van der Waals surface area contributed by atoms with Crippen LogP contribution >= 0.6 is 0 Å². The van der Waals surface area contributed by atoms with Crippen molar-refractivity contribution in [1.29, 1.82) is 0 Å². The van der Waals surface area contributed by atoms with E-state index in [1.165, 1.54) is 0 Å². The van der Waals surface area contributed by atoms with Gasteiger partial charge in [-0.1, -0.05) is 0 Å². The maximum atomic E-state index is 11.1. The topological polar surface area (TPSA) is 46.2 Å². The molecule has 0 saturated heterocycles. The van der Waals surface area contributed by atoms with Crippen molar-refractivity contribution in [2.45, 2.75) is 11.3 Å². The normalized spacial score (nSPS) is 16.5. The fourth-order valence-corrected chi connectivity index (χ4v) is 1.95. The van der Waals surface area contributed by atoms with E-state index in [2.05, 4.69) is 5.32 Å². The molecule has 0 bridgehead atoms. The lowest BCUT2D eigenvalue weighted by Crippen LogP contribution is -2.03. The van der Waals surface area contributed by atoms with Gasteiger partial charge in [-0.3, -0.25) is 9.00 Å². The Balaban J connectivity index is 2.45. The van der Waals surface area contributed by atoms with Crippen LogP contribution in [0.25, 0.3) is 0 Å². The highest BCUT2D eigenvalue weighted by molar-refractivity contribution is 7.84. The summed E-state index contributed by atoms with van der Waals surface area (Å²) in [5, 5.41) is 2.73. The van der Waals surface area contributed by atoms with Crippen molar-refractivity contribution in [1.82, 2.24) is 0 Å². The molecule has 3 nitrogen and oxygen atoms in total. The summed E-state index contributed by atoms with van der Waals surface area (Å²) in [5.74, 6) is 0.00837. The Bertz CT molecular complexity index is 401. The molecule has 0 spiro atoms. The van der Waals surface area contributed by atoms with Gasteiger partial charge in [0.1, 0.15) is 0 Å². The zero-order valence-corrected chi connectivity index (χ0v) is 7.98. The third-order valence-corrected chi connectivity index (χ3v) is 2.95. The molecule has 1 unspecified atom stereocenters. The molecule has 1 aromatic rings. The molecule has 0 aromatic heterocycles. The van der Waals surface area contributed by atoms with Crippen LogP contribution in [0.15, 0.2) is 23.1 Å². The van der Waals surface area contributed by atoms with Crippen LogP contribution in [0.5, 0.6) is 0 Å². The Morgan fingerprint density at radius 3 is 2.92 bits per heavy atom. The smallest absolute Gasteiger partial charge is 0.228 e. The summed E-state index contributed by atoms with van der Waals surface area (Å²) < 4.78 is 11.1. The van der Waals surface area contributed by atoms with Gasteiger partial charge in [0.2, 0.25) is 5.91 Å². The molecule has 2 rings (SSSR count). The number of nitrogens with one attached hydrogen (secondary N) is 1. The lowest BCUT2D eigenvalue weighted by Gasteiger charge is -2.00. The zero-order valence-electron chi connectivity index (χ0n) is 7.16. The van der Waals surface area contributed by atoms with Gasteiger partial charge in [0.25, 0.3) is 0 Å². The largest absolute Gasteiger partial charge is 0.326 e. The highest BCUT2D eigenvalue weighted by Gasteiger charge is 2.17. The summed E-state index contributed by atoms with van der Waals surface area (Å²) in [6.07, 6.45) is 2.03. The molecule has 68 valence electrons. The Morgan fingerprint density at radius 1 is 1.46 bits per heavy atom. The predicted octanol–water partition coefficient (Wildman–Crippen LogP) is 0.919. The van der Waals surface area contributed by atoms with Gasteiger partial charge in [-0.05, 0) is 23.8 Å². The van der Waals surface area contributed by atoms with E-state index in [1.807, 2.05) is 6.07 Å². The lowest BCUT2D eigenvalue weighted by atomic mass is 10.2. The van der Waals surface area contributed by atoms with Crippen molar-refractivity contribution < 1.29 is 9.00 Å². The van der Waals surface area contributed by atoms with Gasteiger partial charge in [-0.15, -0.1) is 0 Å². The number of hydrogen-bond donors (Lipinski definition) is 1. The van der Waals surface area contributed by atoms with Crippen molar-refractivity contribution >= 4 is 22.4 Å². The molecular weight excluding hydrogens is 186 g/mol. The Labute approximate surface area is 78.6 Å². The lowest BCUT2D eigenvalue weighted by molar-refractivity contribution is -0.115. The number of amides is 1. The molecule has 0 radical (unpaired) electrons. The maximum Gasteiger partial charge on any atom is 0.228 e. The van der Waals surface area contributed by atoms with Crippen LogP contribution in [0.2, 0.25) is 0 Å².